The summed E-state index contributed by atoms with van der Waals surface area (Å²) in [7, 11) is 0. The molecule has 22 heavy (non-hydrogen) atoms. The van der Waals surface area contributed by atoms with Crippen LogP contribution in [0.4, 0.5) is 13.2 Å². The van der Waals surface area contributed by atoms with Crippen LogP contribution in [0, 0.1) is 0 Å². The van der Waals surface area contributed by atoms with Gasteiger partial charge in [-0.05, 0) is 24.5 Å². The van der Waals surface area contributed by atoms with Crippen LogP contribution in [0.5, 0.6) is 0 Å². The SMILES string of the molecule is Cl.O=C(N1CCNCC1)C1(c2cccc(C(F)(F)F)c2)CC1. The molecule has 1 saturated carbocycles. The molecule has 122 valence electrons. The maximum absolute atomic E-state index is 12.8. The molecule has 0 radical (unpaired) electrons. The van der Waals surface area contributed by atoms with Crippen molar-refractivity contribution in [2.24, 2.45) is 0 Å². The van der Waals surface area contributed by atoms with Gasteiger partial charge in [0.1, 0.15) is 0 Å². The van der Waals surface area contributed by atoms with E-state index >= 15 is 0 Å². The van der Waals surface area contributed by atoms with Gasteiger partial charge in [0.2, 0.25) is 5.91 Å². The lowest BCUT2D eigenvalue weighted by Gasteiger charge is -2.31. The molecule has 0 aromatic heterocycles. The van der Waals surface area contributed by atoms with E-state index in [1.54, 1.807) is 11.0 Å². The van der Waals surface area contributed by atoms with Gasteiger partial charge in [-0.3, -0.25) is 4.79 Å². The maximum Gasteiger partial charge on any atom is 0.416 e. The summed E-state index contributed by atoms with van der Waals surface area (Å²) in [6.07, 6.45) is -3.10. The van der Waals surface area contributed by atoms with Crippen molar-refractivity contribution in [1.29, 1.82) is 0 Å². The smallest absolute Gasteiger partial charge is 0.339 e. The van der Waals surface area contributed by atoms with E-state index in [1.165, 1.54) is 6.07 Å². The molecule has 1 aromatic carbocycles. The van der Waals surface area contributed by atoms with Crippen molar-refractivity contribution >= 4 is 18.3 Å². The van der Waals surface area contributed by atoms with E-state index < -0.39 is 17.2 Å². The Labute approximate surface area is 133 Å². The third kappa shape index (κ3) is 3.08. The molecule has 0 unspecified atom stereocenters. The number of rotatable bonds is 2. The van der Waals surface area contributed by atoms with Crippen LogP contribution < -0.4 is 5.32 Å². The topological polar surface area (TPSA) is 32.3 Å². The fourth-order valence-corrected chi connectivity index (χ4v) is 2.91. The Morgan fingerprint density at radius 2 is 1.82 bits per heavy atom. The largest absolute Gasteiger partial charge is 0.416 e. The second kappa shape index (κ2) is 6.08. The number of hydrogen-bond donors (Lipinski definition) is 1. The Balaban J connectivity index is 0.00000176. The maximum atomic E-state index is 12.8. The molecule has 0 atom stereocenters. The summed E-state index contributed by atoms with van der Waals surface area (Å²) in [5, 5.41) is 3.17. The van der Waals surface area contributed by atoms with Crippen molar-refractivity contribution in [3.63, 3.8) is 0 Å². The first-order chi connectivity index (χ1) is 9.93. The van der Waals surface area contributed by atoms with Crippen LogP contribution >= 0.6 is 12.4 Å². The highest BCUT2D eigenvalue weighted by Gasteiger charge is 2.53. The zero-order valence-corrected chi connectivity index (χ0v) is 12.8. The lowest BCUT2D eigenvalue weighted by atomic mass is 9.92. The van der Waals surface area contributed by atoms with Gasteiger partial charge in [-0.1, -0.05) is 18.2 Å². The third-order valence-electron chi connectivity index (χ3n) is 4.31. The van der Waals surface area contributed by atoms with E-state index in [0.29, 0.717) is 31.5 Å². The number of nitrogens with one attached hydrogen (secondary N) is 1. The van der Waals surface area contributed by atoms with Crippen LogP contribution in [0.3, 0.4) is 0 Å². The molecule has 0 bridgehead atoms. The molecule has 1 aromatic rings. The minimum Gasteiger partial charge on any atom is -0.339 e. The van der Waals surface area contributed by atoms with E-state index in [1.807, 2.05) is 0 Å². The summed E-state index contributed by atoms with van der Waals surface area (Å²) in [6.45, 7) is 2.73. The van der Waals surface area contributed by atoms with Gasteiger partial charge in [0.15, 0.2) is 0 Å². The van der Waals surface area contributed by atoms with Crippen LogP contribution in [0.25, 0.3) is 0 Å². The van der Waals surface area contributed by atoms with Gasteiger partial charge in [0.05, 0.1) is 11.0 Å². The third-order valence-corrected chi connectivity index (χ3v) is 4.31. The number of carbonyl (C=O) groups excluding carboxylic acids is 1. The zero-order valence-electron chi connectivity index (χ0n) is 11.9. The number of piperazine rings is 1. The number of alkyl halides is 3. The van der Waals surface area contributed by atoms with E-state index in [2.05, 4.69) is 5.32 Å². The number of benzene rings is 1. The van der Waals surface area contributed by atoms with Crippen molar-refractivity contribution < 1.29 is 18.0 Å². The fourth-order valence-electron chi connectivity index (χ4n) is 2.91. The van der Waals surface area contributed by atoms with E-state index in [0.717, 1.165) is 25.2 Å². The monoisotopic (exact) mass is 334 g/mol. The van der Waals surface area contributed by atoms with Gasteiger partial charge in [0.25, 0.3) is 0 Å². The molecule has 1 N–H and O–H groups in total. The van der Waals surface area contributed by atoms with Crippen molar-refractivity contribution in [1.82, 2.24) is 10.2 Å². The first-order valence-corrected chi connectivity index (χ1v) is 7.11. The fraction of sp³-hybridized carbons (Fsp3) is 0.533. The summed E-state index contributed by atoms with van der Waals surface area (Å²) < 4.78 is 38.5. The van der Waals surface area contributed by atoms with Crippen molar-refractivity contribution in [3.05, 3.63) is 35.4 Å². The average molecular weight is 335 g/mol. The molecule has 2 aliphatic rings. The Morgan fingerprint density at radius 3 is 2.36 bits per heavy atom. The van der Waals surface area contributed by atoms with Crippen LogP contribution in [-0.2, 0) is 16.4 Å². The van der Waals surface area contributed by atoms with Crippen LogP contribution in [0.2, 0.25) is 0 Å². The van der Waals surface area contributed by atoms with Gasteiger partial charge in [-0.15, -0.1) is 12.4 Å². The van der Waals surface area contributed by atoms with Gasteiger partial charge in [-0.2, -0.15) is 13.2 Å². The van der Waals surface area contributed by atoms with Gasteiger partial charge >= 0.3 is 6.18 Å². The molecule has 1 aliphatic carbocycles. The highest BCUT2D eigenvalue weighted by atomic mass is 35.5. The van der Waals surface area contributed by atoms with Crippen LogP contribution in [-0.4, -0.2) is 37.0 Å². The molecule has 1 saturated heterocycles. The van der Waals surface area contributed by atoms with E-state index in [4.69, 9.17) is 0 Å². The van der Waals surface area contributed by atoms with Crippen LogP contribution in [0.1, 0.15) is 24.0 Å². The predicted molar refractivity (Wildman–Crippen MR) is 79.1 cm³/mol. The highest BCUT2D eigenvalue weighted by molar-refractivity contribution is 5.91. The standard InChI is InChI=1S/C15H17F3N2O.ClH/c16-15(17,18)12-3-1-2-11(10-12)14(4-5-14)13(21)20-8-6-19-7-9-20;/h1-3,10,19H,4-9H2;1H. The van der Waals surface area contributed by atoms with Gasteiger partial charge in [0, 0.05) is 26.2 Å². The number of hydrogen-bond acceptors (Lipinski definition) is 2. The lowest BCUT2D eigenvalue weighted by Crippen LogP contribution is -2.49. The van der Waals surface area contributed by atoms with E-state index in [-0.39, 0.29) is 18.3 Å². The summed E-state index contributed by atoms with van der Waals surface area (Å²) in [5.74, 6) is -0.0247. The zero-order chi connectivity index (χ0) is 15.1. The van der Waals surface area contributed by atoms with Crippen LogP contribution in [0.15, 0.2) is 24.3 Å². The first kappa shape index (κ1) is 17.1. The molecule has 0 spiro atoms. The van der Waals surface area contributed by atoms with Crippen molar-refractivity contribution in [2.45, 2.75) is 24.4 Å². The predicted octanol–water partition coefficient (Wildman–Crippen LogP) is 2.59. The molecule has 3 rings (SSSR count). The second-order valence-electron chi connectivity index (χ2n) is 5.70. The Morgan fingerprint density at radius 1 is 1.18 bits per heavy atom. The van der Waals surface area contributed by atoms with Crippen molar-refractivity contribution in [3.8, 4) is 0 Å². The Kier molecular flexibility index (Phi) is 4.73. The second-order valence-corrected chi connectivity index (χ2v) is 5.70. The summed E-state index contributed by atoms with van der Waals surface area (Å²) in [6, 6.07) is 5.22. The van der Waals surface area contributed by atoms with E-state index in [9.17, 15) is 18.0 Å². The summed E-state index contributed by atoms with van der Waals surface area (Å²) in [4.78, 5) is 14.4. The Hall–Kier alpha value is -1.27. The van der Waals surface area contributed by atoms with Gasteiger partial charge in [-0.25, -0.2) is 0 Å². The molecule has 1 aliphatic heterocycles. The number of nitrogens with zero attached hydrogens (tertiary/aromatic N) is 1. The lowest BCUT2D eigenvalue weighted by molar-refractivity contribution is -0.138. The number of amides is 1. The van der Waals surface area contributed by atoms with Crippen molar-refractivity contribution in [2.75, 3.05) is 26.2 Å². The first-order valence-electron chi connectivity index (χ1n) is 7.11. The quantitative estimate of drug-likeness (QED) is 0.901. The average Bonchev–Trinajstić information content (AvgIpc) is 3.28. The molecule has 1 amide bonds. The molecular weight excluding hydrogens is 317 g/mol. The molecule has 3 nitrogen and oxygen atoms in total. The summed E-state index contributed by atoms with van der Waals surface area (Å²) >= 11 is 0. The number of carbonyl (C=O) groups is 1. The molecule has 7 heteroatoms. The normalized spacial score (nSPS) is 20.2. The molecular formula is C15H18ClF3N2O. The molecule has 2 fully saturated rings. The minimum atomic E-state index is -4.37. The highest BCUT2D eigenvalue weighted by Crippen LogP contribution is 2.50. The number of halogens is 4. The van der Waals surface area contributed by atoms with Gasteiger partial charge < -0.3 is 10.2 Å². The minimum absolute atomic E-state index is 0. The Bertz CT molecular complexity index is 552. The summed E-state index contributed by atoms with van der Waals surface area (Å²) in [5.41, 5.74) is -0.904. The molecule has 1 heterocycles.